The lowest BCUT2D eigenvalue weighted by atomic mass is 9.93. The predicted octanol–water partition coefficient (Wildman–Crippen LogP) is 2.08. The van der Waals surface area contributed by atoms with E-state index in [1.54, 1.807) is 7.11 Å². The van der Waals surface area contributed by atoms with Crippen LogP contribution in [0.3, 0.4) is 0 Å². The fourth-order valence-electron chi connectivity index (χ4n) is 2.46. The van der Waals surface area contributed by atoms with Gasteiger partial charge >= 0.3 is 5.97 Å². The molecule has 1 saturated heterocycles. The van der Waals surface area contributed by atoms with Gasteiger partial charge in [0, 0.05) is 12.5 Å². The third kappa shape index (κ3) is 3.42. The Bertz CT molecular complexity index is 443. The van der Waals surface area contributed by atoms with Crippen molar-refractivity contribution in [2.45, 2.75) is 18.9 Å². The number of carbonyl (C=O) groups excluding carboxylic acids is 1. The molecule has 2 unspecified atom stereocenters. The standard InChI is InChI=1S/C15H21NO4/c1-18-13-8-4-3-7-12(13)16-14(15(17)19-2)11-6-5-9-20-10-11/h3-4,7-8,11,14,16H,5-6,9-10H2,1-2H3. The summed E-state index contributed by atoms with van der Waals surface area (Å²) in [6.45, 7) is 1.33. The quantitative estimate of drug-likeness (QED) is 0.836. The molecule has 0 amide bonds. The number of para-hydroxylation sites is 2. The van der Waals surface area contributed by atoms with E-state index in [2.05, 4.69) is 5.32 Å². The summed E-state index contributed by atoms with van der Waals surface area (Å²) in [5.74, 6) is 0.547. The molecule has 0 bridgehead atoms. The molecule has 2 rings (SSSR count). The van der Waals surface area contributed by atoms with Crippen molar-refractivity contribution in [2.24, 2.45) is 5.92 Å². The van der Waals surface area contributed by atoms with Gasteiger partial charge in [-0.15, -0.1) is 0 Å². The van der Waals surface area contributed by atoms with Gasteiger partial charge in [-0.05, 0) is 25.0 Å². The zero-order chi connectivity index (χ0) is 14.4. The van der Waals surface area contributed by atoms with Gasteiger partial charge in [-0.1, -0.05) is 12.1 Å². The van der Waals surface area contributed by atoms with Gasteiger partial charge in [-0.3, -0.25) is 0 Å². The minimum Gasteiger partial charge on any atom is -0.495 e. The third-order valence-corrected chi connectivity index (χ3v) is 3.54. The van der Waals surface area contributed by atoms with Crippen molar-refractivity contribution in [2.75, 3.05) is 32.8 Å². The number of nitrogens with one attached hydrogen (secondary N) is 1. The fraction of sp³-hybridized carbons (Fsp3) is 0.533. The maximum atomic E-state index is 12.0. The van der Waals surface area contributed by atoms with Gasteiger partial charge in [0.1, 0.15) is 11.8 Å². The number of rotatable bonds is 5. The summed E-state index contributed by atoms with van der Waals surface area (Å²) in [7, 11) is 3.01. The normalized spacial score (nSPS) is 20.0. The molecule has 0 spiro atoms. The SMILES string of the molecule is COC(=O)C(Nc1ccccc1OC)C1CCCOC1. The molecule has 1 aromatic rings. The molecule has 1 aliphatic heterocycles. The van der Waals surface area contributed by atoms with Crippen molar-refractivity contribution in [3.8, 4) is 5.75 Å². The molecule has 5 nitrogen and oxygen atoms in total. The van der Waals surface area contributed by atoms with Crippen LogP contribution in [-0.4, -0.2) is 39.4 Å². The van der Waals surface area contributed by atoms with Gasteiger partial charge in [0.25, 0.3) is 0 Å². The molecule has 5 heteroatoms. The number of carbonyl (C=O) groups is 1. The summed E-state index contributed by atoms with van der Waals surface area (Å²) < 4.78 is 15.7. The molecule has 0 aromatic heterocycles. The van der Waals surface area contributed by atoms with Gasteiger partial charge in [0.05, 0.1) is 26.5 Å². The summed E-state index contributed by atoms with van der Waals surface area (Å²) in [5.41, 5.74) is 0.788. The topological polar surface area (TPSA) is 56.8 Å². The summed E-state index contributed by atoms with van der Waals surface area (Å²) in [4.78, 5) is 12.0. The van der Waals surface area contributed by atoms with Crippen LogP contribution in [0.15, 0.2) is 24.3 Å². The van der Waals surface area contributed by atoms with Crippen molar-refractivity contribution < 1.29 is 19.0 Å². The van der Waals surface area contributed by atoms with Crippen LogP contribution < -0.4 is 10.1 Å². The number of methoxy groups -OCH3 is 2. The summed E-state index contributed by atoms with van der Waals surface area (Å²) in [5, 5.41) is 3.24. The minimum absolute atomic E-state index is 0.112. The lowest BCUT2D eigenvalue weighted by molar-refractivity contribution is -0.144. The van der Waals surface area contributed by atoms with Crippen LogP contribution in [0.2, 0.25) is 0 Å². The Kier molecular flexibility index (Phi) is 5.24. The van der Waals surface area contributed by atoms with Gasteiger partial charge < -0.3 is 19.5 Å². The van der Waals surface area contributed by atoms with E-state index in [1.165, 1.54) is 7.11 Å². The second-order valence-electron chi connectivity index (χ2n) is 4.82. The van der Waals surface area contributed by atoms with Crippen LogP contribution >= 0.6 is 0 Å². The fourth-order valence-corrected chi connectivity index (χ4v) is 2.46. The molecule has 0 radical (unpaired) electrons. The van der Waals surface area contributed by atoms with E-state index in [-0.39, 0.29) is 11.9 Å². The van der Waals surface area contributed by atoms with E-state index >= 15 is 0 Å². The number of hydrogen-bond acceptors (Lipinski definition) is 5. The lowest BCUT2D eigenvalue weighted by Gasteiger charge is -2.30. The van der Waals surface area contributed by atoms with Gasteiger partial charge in [0.2, 0.25) is 0 Å². The molecule has 0 aliphatic carbocycles. The molecule has 20 heavy (non-hydrogen) atoms. The highest BCUT2D eigenvalue weighted by molar-refractivity contribution is 5.80. The molecule has 2 atom stereocenters. The van der Waals surface area contributed by atoms with Crippen molar-refractivity contribution in [1.82, 2.24) is 0 Å². The number of ether oxygens (including phenoxy) is 3. The highest BCUT2D eigenvalue weighted by atomic mass is 16.5. The Hall–Kier alpha value is -1.75. The molecular weight excluding hydrogens is 258 g/mol. The Morgan fingerprint density at radius 1 is 1.40 bits per heavy atom. The highest BCUT2D eigenvalue weighted by Crippen LogP contribution is 2.27. The average molecular weight is 279 g/mol. The molecule has 110 valence electrons. The van der Waals surface area contributed by atoms with Crippen LogP contribution in [-0.2, 0) is 14.3 Å². The third-order valence-electron chi connectivity index (χ3n) is 3.54. The first-order valence-electron chi connectivity index (χ1n) is 6.81. The predicted molar refractivity (Wildman–Crippen MR) is 76.0 cm³/mol. The minimum atomic E-state index is -0.420. The van der Waals surface area contributed by atoms with E-state index in [1.807, 2.05) is 24.3 Å². The Balaban J connectivity index is 2.16. The largest absolute Gasteiger partial charge is 0.495 e. The van der Waals surface area contributed by atoms with Crippen LogP contribution in [0.5, 0.6) is 5.75 Å². The second-order valence-corrected chi connectivity index (χ2v) is 4.82. The van der Waals surface area contributed by atoms with E-state index in [0.29, 0.717) is 12.4 Å². The molecular formula is C15H21NO4. The number of esters is 1. The van der Waals surface area contributed by atoms with Gasteiger partial charge in [-0.2, -0.15) is 0 Å². The lowest BCUT2D eigenvalue weighted by Crippen LogP contribution is -2.41. The van der Waals surface area contributed by atoms with Gasteiger partial charge in [0.15, 0.2) is 0 Å². The number of anilines is 1. The van der Waals surface area contributed by atoms with Crippen LogP contribution in [0.25, 0.3) is 0 Å². The molecule has 1 heterocycles. The summed E-state index contributed by atoms with van der Waals surface area (Å²) >= 11 is 0. The van der Waals surface area contributed by atoms with Crippen LogP contribution in [0, 0.1) is 5.92 Å². The Labute approximate surface area is 119 Å². The Morgan fingerprint density at radius 3 is 2.85 bits per heavy atom. The first-order chi connectivity index (χ1) is 9.76. The van der Waals surface area contributed by atoms with Crippen molar-refractivity contribution >= 4 is 11.7 Å². The van der Waals surface area contributed by atoms with Gasteiger partial charge in [-0.25, -0.2) is 4.79 Å². The number of benzene rings is 1. The van der Waals surface area contributed by atoms with Crippen molar-refractivity contribution in [3.63, 3.8) is 0 Å². The van der Waals surface area contributed by atoms with Crippen molar-refractivity contribution in [3.05, 3.63) is 24.3 Å². The number of hydrogen-bond donors (Lipinski definition) is 1. The van der Waals surface area contributed by atoms with E-state index in [9.17, 15) is 4.79 Å². The monoisotopic (exact) mass is 279 g/mol. The zero-order valence-corrected chi connectivity index (χ0v) is 11.9. The summed E-state index contributed by atoms with van der Waals surface area (Å²) in [6, 6.07) is 7.11. The van der Waals surface area contributed by atoms with Crippen molar-refractivity contribution in [1.29, 1.82) is 0 Å². The summed E-state index contributed by atoms with van der Waals surface area (Å²) in [6.07, 6.45) is 1.91. The second kappa shape index (κ2) is 7.14. The van der Waals surface area contributed by atoms with Crippen LogP contribution in [0.1, 0.15) is 12.8 Å². The van der Waals surface area contributed by atoms with E-state index in [0.717, 1.165) is 25.1 Å². The molecule has 1 fully saturated rings. The highest BCUT2D eigenvalue weighted by Gasteiger charge is 2.31. The van der Waals surface area contributed by atoms with Crippen LogP contribution in [0.4, 0.5) is 5.69 Å². The molecule has 1 aliphatic rings. The Morgan fingerprint density at radius 2 is 2.20 bits per heavy atom. The first-order valence-corrected chi connectivity index (χ1v) is 6.81. The first kappa shape index (κ1) is 14.7. The maximum Gasteiger partial charge on any atom is 0.328 e. The molecule has 1 N–H and O–H groups in total. The molecule has 0 saturated carbocycles. The maximum absolute atomic E-state index is 12.0. The van der Waals surface area contributed by atoms with E-state index < -0.39 is 6.04 Å². The van der Waals surface area contributed by atoms with E-state index in [4.69, 9.17) is 14.2 Å². The zero-order valence-electron chi connectivity index (χ0n) is 11.9. The average Bonchev–Trinajstić information content (AvgIpc) is 2.53. The smallest absolute Gasteiger partial charge is 0.328 e. The molecule has 1 aromatic carbocycles.